The Morgan fingerprint density at radius 3 is 1.74 bits per heavy atom. The van der Waals surface area contributed by atoms with Crippen molar-refractivity contribution in [3.8, 4) is 11.3 Å². The Hall–Kier alpha value is -3.69. The molecule has 0 bridgehead atoms. The van der Waals surface area contributed by atoms with Crippen molar-refractivity contribution in [2.45, 2.75) is 24.8 Å². The first-order chi connectivity index (χ1) is 18.6. The molecule has 2 N–H and O–H groups in total. The van der Waals surface area contributed by atoms with Crippen molar-refractivity contribution in [2.75, 3.05) is 19.6 Å². The Bertz CT molecular complexity index is 1280. The number of benzene rings is 3. The molecule has 0 radical (unpaired) electrons. The summed E-state index contributed by atoms with van der Waals surface area (Å²) in [4.78, 5) is 3.77. The number of aromatic nitrogens is 1. The molecule has 0 unspecified atom stereocenters. The highest BCUT2D eigenvalue weighted by Gasteiger charge is 2.35. The normalized spacial score (nSPS) is 12.2. The van der Waals surface area contributed by atoms with E-state index in [0.717, 1.165) is 35.4 Å². The molecule has 204 valence electrons. The average molecular weight is 544 g/mol. The van der Waals surface area contributed by atoms with Crippen LogP contribution in [0.4, 0.5) is 26.3 Å². The molecule has 0 aliphatic carbocycles. The van der Waals surface area contributed by atoms with Crippen molar-refractivity contribution >= 4 is 0 Å². The molecule has 0 amide bonds. The SMILES string of the molecule is FC(F)(F)c1ccc(-c2ccc(CCNCCNC(c3ccccc3)c3ccccc3)c(C(F)(F)F)n2)cc1. The van der Waals surface area contributed by atoms with E-state index in [2.05, 4.69) is 15.6 Å². The van der Waals surface area contributed by atoms with Gasteiger partial charge in [0, 0.05) is 18.7 Å². The Labute approximate surface area is 222 Å². The summed E-state index contributed by atoms with van der Waals surface area (Å²) in [5, 5.41) is 6.67. The average Bonchev–Trinajstić information content (AvgIpc) is 2.93. The van der Waals surface area contributed by atoms with Crippen molar-refractivity contribution < 1.29 is 26.3 Å². The number of alkyl halides is 6. The number of pyridine rings is 1. The van der Waals surface area contributed by atoms with Crippen LogP contribution in [0.1, 0.15) is 34.0 Å². The summed E-state index contributed by atoms with van der Waals surface area (Å²) in [6, 6.07) is 26.6. The van der Waals surface area contributed by atoms with Crippen LogP contribution >= 0.6 is 0 Å². The minimum Gasteiger partial charge on any atom is -0.315 e. The molecule has 1 aromatic heterocycles. The van der Waals surface area contributed by atoms with Gasteiger partial charge in [0.25, 0.3) is 0 Å². The van der Waals surface area contributed by atoms with Crippen LogP contribution in [0.25, 0.3) is 11.3 Å². The summed E-state index contributed by atoms with van der Waals surface area (Å²) in [5.41, 5.74) is 0.465. The van der Waals surface area contributed by atoms with Gasteiger partial charge in [0.15, 0.2) is 0 Å². The van der Waals surface area contributed by atoms with Crippen molar-refractivity contribution in [2.24, 2.45) is 0 Å². The molecular formula is C30H27F6N3. The van der Waals surface area contributed by atoms with E-state index >= 15 is 0 Å². The second-order valence-electron chi connectivity index (χ2n) is 8.99. The predicted octanol–water partition coefficient (Wildman–Crippen LogP) is 7.30. The second kappa shape index (κ2) is 12.4. The topological polar surface area (TPSA) is 37.0 Å². The van der Waals surface area contributed by atoms with E-state index < -0.39 is 23.6 Å². The summed E-state index contributed by atoms with van der Waals surface area (Å²) in [6.45, 7) is 1.42. The summed E-state index contributed by atoms with van der Waals surface area (Å²) in [6.07, 6.45) is -9.13. The second-order valence-corrected chi connectivity index (χ2v) is 8.99. The monoisotopic (exact) mass is 543 g/mol. The number of nitrogens with one attached hydrogen (secondary N) is 2. The Morgan fingerprint density at radius 2 is 1.21 bits per heavy atom. The van der Waals surface area contributed by atoms with Crippen LogP contribution in [0.15, 0.2) is 97.1 Å². The van der Waals surface area contributed by atoms with Gasteiger partial charge < -0.3 is 10.6 Å². The Kier molecular flexibility index (Phi) is 9.04. The van der Waals surface area contributed by atoms with Gasteiger partial charge in [0.2, 0.25) is 0 Å². The molecule has 0 saturated carbocycles. The van der Waals surface area contributed by atoms with Crippen LogP contribution in [-0.4, -0.2) is 24.6 Å². The maximum absolute atomic E-state index is 13.8. The predicted molar refractivity (Wildman–Crippen MR) is 139 cm³/mol. The van der Waals surface area contributed by atoms with Gasteiger partial charge in [-0.1, -0.05) is 78.9 Å². The van der Waals surface area contributed by atoms with Crippen molar-refractivity contribution in [1.82, 2.24) is 15.6 Å². The lowest BCUT2D eigenvalue weighted by atomic mass is 9.99. The van der Waals surface area contributed by atoms with Gasteiger partial charge >= 0.3 is 12.4 Å². The summed E-state index contributed by atoms with van der Waals surface area (Å²) >= 11 is 0. The third-order valence-corrected chi connectivity index (χ3v) is 6.24. The summed E-state index contributed by atoms with van der Waals surface area (Å²) < 4.78 is 79.7. The minimum absolute atomic E-state index is 0.0186. The van der Waals surface area contributed by atoms with Crippen molar-refractivity contribution in [3.63, 3.8) is 0 Å². The maximum atomic E-state index is 13.8. The van der Waals surface area contributed by atoms with Gasteiger partial charge in [-0.3, -0.25) is 0 Å². The zero-order chi connectivity index (χ0) is 27.9. The molecule has 4 rings (SSSR count). The fourth-order valence-corrected chi connectivity index (χ4v) is 4.30. The molecular weight excluding hydrogens is 516 g/mol. The van der Waals surface area contributed by atoms with E-state index in [1.54, 1.807) is 0 Å². The van der Waals surface area contributed by atoms with Gasteiger partial charge in [0.05, 0.1) is 17.3 Å². The van der Waals surface area contributed by atoms with E-state index in [4.69, 9.17) is 0 Å². The van der Waals surface area contributed by atoms with Crippen molar-refractivity contribution in [3.05, 3.63) is 125 Å². The number of nitrogens with zero attached hydrogens (tertiary/aromatic N) is 1. The molecule has 0 aliphatic heterocycles. The molecule has 0 spiro atoms. The molecule has 0 saturated heterocycles. The van der Waals surface area contributed by atoms with Gasteiger partial charge in [0.1, 0.15) is 5.69 Å². The zero-order valence-corrected chi connectivity index (χ0v) is 20.9. The molecule has 1 heterocycles. The van der Waals surface area contributed by atoms with E-state index in [0.29, 0.717) is 19.6 Å². The quantitative estimate of drug-likeness (QED) is 0.163. The lowest BCUT2D eigenvalue weighted by Crippen LogP contribution is -2.32. The number of rotatable bonds is 10. The first-order valence-corrected chi connectivity index (χ1v) is 12.4. The molecule has 4 aromatic rings. The van der Waals surface area contributed by atoms with Gasteiger partial charge in [-0.15, -0.1) is 0 Å². The Balaban J connectivity index is 1.36. The molecule has 3 nitrogen and oxygen atoms in total. The van der Waals surface area contributed by atoms with Gasteiger partial charge in [-0.25, -0.2) is 4.98 Å². The highest BCUT2D eigenvalue weighted by Crippen LogP contribution is 2.34. The molecule has 0 aliphatic rings. The fraction of sp³-hybridized carbons (Fsp3) is 0.233. The van der Waals surface area contributed by atoms with Gasteiger partial charge in [-0.05, 0) is 47.9 Å². The van der Waals surface area contributed by atoms with Crippen LogP contribution in [0.5, 0.6) is 0 Å². The third kappa shape index (κ3) is 7.68. The first-order valence-electron chi connectivity index (χ1n) is 12.4. The van der Waals surface area contributed by atoms with E-state index in [-0.39, 0.29) is 29.3 Å². The van der Waals surface area contributed by atoms with Crippen LogP contribution in [0.2, 0.25) is 0 Å². The zero-order valence-electron chi connectivity index (χ0n) is 20.9. The maximum Gasteiger partial charge on any atom is 0.433 e. The van der Waals surface area contributed by atoms with Crippen LogP contribution in [0.3, 0.4) is 0 Å². The third-order valence-electron chi connectivity index (χ3n) is 6.24. The molecule has 0 atom stereocenters. The molecule has 39 heavy (non-hydrogen) atoms. The molecule has 9 heteroatoms. The lowest BCUT2D eigenvalue weighted by Gasteiger charge is -2.20. The number of hydrogen-bond donors (Lipinski definition) is 2. The number of halogens is 6. The fourth-order valence-electron chi connectivity index (χ4n) is 4.30. The standard InChI is InChI=1S/C30H27F6N3/c31-29(32,33)25-14-11-21(12-15-25)26-16-13-24(28(39-26)30(34,35)36)17-18-37-19-20-38-27(22-7-3-1-4-8-22)23-9-5-2-6-10-23/h1-16,27,37-38H,17-20H2. The highest BCUT2D eigenvalue weighted by molar-refractivity contribution is 5.60. The molecule has 3 aromatic carbocycles. The molecule has 0 fully saturated rings. The van der Waals surface area contributed by atoms with Gasteiger partial charge in [-0.2, -0.15) is 26.3 Å². The highest BCUT2D eigenvalue weighted by atomic mass is 19.4. The van der Waals surface area contributed by atoms with Crippen LogP contribution < -0.4 is 10.6 Å². The first kappa shape index (κ1) is 28.3. The van der Waals surface area contributed by atoms with Crippen molar-refractivity contribution in [1.29, 1.82) is 0 Å². The minimum atomic E-state index is -4.70. The summed E-state index contributed by atoms with van der Waals surface area (Å²) in [7, 11) is 0. The van der Waals surface area contributed by atoms with E-state index in [9.17, 15) is 26.3 Å². The van der Waals surface area contributed by atoms with Crippen LogP contribution in [0, 0.1) is 0 Å². The number of hydrogen-bond acceptors (Lipinski definition) is 3. The largest absolute Gasteiger partial charge is 0.433 e. The van der Waals surface area contributed by atoms with Crippen LogP contribution in [-0.2, 0) is 18.8 Å². The lowest BCUT2D eigenvalue weighted by molar-refractivity contribution is -0.141. The Morgan fingerprint density at radius 1 is 0.615 bits per heavy atom. The smallest absolute Gasteiger partial charge is 0.315 e. The van der Waals surface area contributed by atoms with E-state index in [1.807, 2.05) is 60.7 Å². The summed E-state index contributed by atoms with van der Waals surface area (Å²) in [5.74, 6) is 0. The van der Waals surface area contributed by atoms with E-state index in [1.165, 1.54) is 12.1 Å².